The van der Waals surface area contributed by atoms with E-state index in [-0.39, 0.29) is 5.91 Å². The molecule has 0 spiro atoms. The highest BCUT2D eigenvalue weighted by atomic mass is 79.9. The second-order valence-electron chi connectivity index (χ2n) is 5.35. The summed E-state index contributed by atoms with van der Waals surface area (Å²) in [6.45, 7) is 3.78. The SMILES string of the molecule is CC1CN(C(=O)c2ccc(Cl)c(Br)c2)CC1N(C)C. The summed E-state index contributed by atoms with van der Waals surface area (Å²) in [6, 6.07) is 5.75. The number of amides is 1. The maximum atomic E-state index is 12.5. The highest BCUT2D eigenvalue weighted by Crippen LogP contribution is 2.26. The lowest BCUT2D eigenvalue weighted by Crippen LogP contribution is -2.35. The predicted molar refractivity (Wildman–Crippen MR) is 81.7 cm³/mol. The predicted octanol–water partition coefficient (Wildman–Crippen LogP) is 3.12. The van der Waals surface area contributed by atoms with Gasteiger partial charge < -0.3 is 9.80 Å². The number of likely N-dealkylation sites (N-methyl/N-ethyl adjacent to an activating group) is 1. The molecule has 0 bridgehead atoms. The number of halogens is 2. The summed E-state index contributed by atoms with van der Waals surface area (Å²) < 4.78 is 0.761. The number of hydrogen-bond donors (Lipinski definition) is 0. The van der Waals surface area contributed by atoms with E-state index in [0.717, 1.165) is 17.6 Å². The first-order valence-electron chi connectivity index (χ1n) is 6.31. The number of rotatable bonds is 2. The molecular formula is C14H18BrClN2O. The Morgan fingerprint density at radius 3 is 2.63 bits per heavy atom. The van der Waals surface area contributed by atoms with Gasteiger partial charge in [-0.15, -0.1) is 0 Å². The van der Waals surface area contributed by atoms with Crippen LogP contribution in [0.3, 0.4) is 0 Å². The molecule has 0 radical (unpaired) electrons. The monoisotopic (exact) mass is 344 g/mol. The molecule has 1 saturated heterocycles. The van der Waals surface area contributed by atoms with E-state index in [9.17, 15) is 4.79 Å². The van der Waals surface area contributed by atoms with Gasteiger partial charge in [-0.3, -0.25) is 4.79 Å². The van der Waals surface area contributed by atoms with Crippen molar-refractivity contribution in [2.24, 2.45) is 5.92 Å². The Bertz CT molecular complexity index is 492. The van der Waals surface area contributed by atoms with Crippen LogP contribution in [0.2, 0.25) is 5.02 Å². The van der Waals surface area contributed by atoms with Gasteiger partial charge in [0.15, 0.2) is 0 Å². The Balaban J connectivity index is 2.15. The third-order valence-electron chi connectivity index (χ3n) is 3.69. The van der Waals surface area contributed by atoms with Crippen LogP contribution in [-0.4, -0.2) is 48.9 Å². The van der Waals surface area contributed by atoms with Crippen molar-refractivity contribution in [3.05, 3.63) is 33.3 Å². The summed E-state index contributed by atoms with van der Waals surface area (Å²) in [7, 11) is 4.13. The molecule has 1 amide bonds. The highest BCUT2D eigenvalue weighted by molar-refractivity contribution is 9.10. The van der Waals surface area contributed by atoms with E-state index in [1.165, 1.54) is 0 Å². The molecule has 19 heavy (non-hydrogen) atoms. The molecule has 0 aromatic heterocycles. The standard InChI is InChI=1S/C14H18BrClN2O/c1-9-7-18(8-13(9)17(2)3)14(19)10-4-5-12(16)11(15)6-10/h4-6,9,13H,7-8H2,1-3H3. The second kappa shape index (κ2) is 5.81. The van der Waals surface area contributed by atoms with Gasteiger partial charge in [0.05, 0.1) is 5.02 Å². The van der Waals surface area contributed by atoms with Gasteiger partial charge >= 0.3 is 0 Å². The fourth-order valence-corrected chi connectivity index (χ4v) is 3.10. The van der Waals surface area contributed by atoms with Gasteiger partial charge in [0.1, 0.15) is 0 Å². The minimum absolute atomic E-state index is 0.0774. The molecule has 5 heteroatoms. The van der Waals surface area contributed by atoms with Crippen molar-refractivity contribution in [3.63, 3.8) is 0 Å². The van der Waals surface area contributed by atoms with Gasteiger partial charge in [-0.05, 0) is 54.1 Å². The van der Waals surface area contributed by atoms with E-state index in [1.807, 2.05) is 4.90 Å². The number of likely N-dealkylation sites (tertiary alicyclic amines) is 1. The number of hydrogen-bond acceptors (Lipinski definition) is 2. The Kier molecular flexibility index (Phi) is 4.54. The molecule has 0 saturated carbocycles. The Morgan fingerprint density at radius 1 is 1.42 bits per heavy atom. The van der Waals surface area contributed by atoms with Crippen molar-refractivity contribution in [1.29, 1.82) is 0 Å². The maximum Gasteiger partial charge on any atom is 0.253 e. The molecule has 2 unspecified atom stereocenters. The van der Waals surface area contributed by atoms with E-state index >= 15 is 0 Å². The largest absolute Gasteiger partial charge is 0.337 e. The van der Waals surface area contributed by atoms with Gasteiger partial charge in [0.25, 0.3) is 5.91 Å². The molecule has 3 nitrogen and oxygen atoms in total. The summed E-state index contributed by atoms with van der Waals surface area (Å²) in [5.41, 5.74) is 0.683. The molecule has 1 aromatic carbocycles. The van der Waals surface area contributed by atoms with Crippen molar-refractivity contribution >= 4 is 33.4 Å². The van der Waals surface area contributed by atoms with Crippen LogP contribution in [0, 0.1) is 5.92 Å². The van der Waals surface area contributed by atoms with Crippen molar-refractivity contribution in [1.82, 2.24) is 9.80 Å². The quantitative estimate of drug-likeness (QED) is 0.822. The molecule has 1 aromatic rings. The van der Waals surface area contributed by atoms with Crippen LogP contribution in [0.5, 0.6) is 0 Å². The third kappa shape index (κ3) is 3.12. The van der Waals surface area contributed by atoms with E-state index in [2.05, 4.69) is 41.8 Å². The number of carbonyl (C=O) groups is 1. The Morgan fingerprint density at radius 2 is 2.11 bits per heavy atom. The van der Waals surface area contributed by atoms with E-state index in [0.29, 0.717) is 22.5 Å². The first-order valence-corrected chi connectivity index (χ1v) is 7.48. The first kappa shape index (κ1) is 14.8. The molecule has 104 valence electrons. The third-order valence-corrected chi connectivity index (χ3v) is 4.90. The van der Waals surface area contributed by atoms with E-state index in [4.69, 9.17) is 11.6 Å². The zero-order chi connectivity index (χ0) is 14.2. The summed E-state index contributed by atoms with van der Waals surface area (Å²) in [4.78, 5) is 16.6. The van der Waals surface area contributed by atoms with Crippen LogP contribution in [0.1, 0.15) is 17.3 Å². The minimum Gasteiger partial charge on any atom is -0.337 e. The first-order chi connectivity index (χ1) is 8.90. The van der Waals surface area contributed by atoms with Crippen molar-refractivity contribution in [3.8, 4) is 0 Å². The zero-order valence-electron chi connectivity index (χ0n) is 11.4. The van der Waals surface area contributed by atoms with Gasteiger partial charge in [0.2, 0.25) is 0 Å². The maximum absolute atomic E-state index is 12.5. The molecule has 0 N–H and O–H groups in total. The minimum atomic E-state index is 0.0774. The fourth-order valence-electron chi connectivity index (χ4n) is 2.60. The van der Waals surface area contributed by atoms with Gasteiger partial charge in [0, 0.05) is 29.2 Å². The fraction of sp³-hybridized carbons (Fsp3) is 0.500. The van der Waals surface area contributed by atoms with Crippen molar-refractivity contribution in [2.45, 2.75) is 13.0 Å². The summed E-state index contributed by atoms with van der Waals surface area (Å²) in [6.07, 6.45) is 0. The summed E-state index contributed by atoms with van der Waals surface area (Å²) in [5.74, 6) is 0.572. The average molecular weight is 346 g/mol. The molecule has 1 heterocycles. The lowest BCUT2D eigenvalue weighted by Gasteiger charge is -2.22. The Labute approximate surface area is 127 Å². The van der Waals surface area contributed by atoms with Crippen molar-refractivity contribution in [2.75, 3.05) is 27.2 Å². The van der Waals surface area contributed by atoms with Crippen LogP contribution in [0.25, 0.3) is 0 Å². The molecular weight excluding hydrogens is 328 g/mol. The zero-order valence-corrected chi connectivity index (χ0v) is 13.7. The smallest absolute Gasteiger partial charge is 0.253 e. The summed E-state index contributed by atoms with van der Waals surface area (Å²) in [5, 5.41) is 0.623. The second-order valence-corrected chi connectivity index (χ2v) is 6.61. The molecule has 0 aliphatic carbocycles. The van der Waals surface area contributed by atoms with Crippen LogP contribution in [0.4, 0.5) is 0 Å². The average Bonchev–Trinajstić information content (AvgIpc) is 2.74. The molecule has 1 aliphatic rings. The Hall–Kier alpha value is -0.580. The van der Waals surface area contributed by atoms with Crippen LogP contribution in [0.15, 0.2) is 22.7 Å². The lowest BCUT2D eigenvalue weighted by molar-refractivity contribution is 0.0781. The van der Waals surface area contributed by atoms with Crippen LogP contribution < -0.4 is 0 Å². The molecule has 1 fully saturated rings. The van der Waals surface area contributed by atoms with Gasteiger partial charge in [-0.1, -0.05) is 18.5 Å². The van der Waals surface area contributed by atoms with Crippen molar-refractivity contribution < 1.29 is 4.79 Å². The molecule has 2 rings (SSSR count). The number of carbonyl (C=O) groups excluding carboxylic acids is 1. The van der Waals surface area contributed by atoms with E-state index < -0.39 is 0 Å². The van der Waals surface area contributed by atoms with E-state index in [1.54, 1.807) is 18.2 Å². The van der Waals surface area contributed by atoms with Gasteiger partial charge in [-0.2, -0.15) is 0 Å². The van der Waals surface area contributed by atoms with Gasteiger partial charge in [-0.25, -0.2) is 0 Å². The topological polar surface area (TPSA) is 23.6 Å². The van der Waals surface area contributed by atoms with Crippen LogP contribution in [-0.2, 0) is 0 Å². The normalized spacial score (nSPS) is 23.2. The highest BCUT2D eigenvalue weighted by Gasteiger charge is 2.33. The molecule has 1 aliphatic heterocycles. The summed E-state index contributed by atoms with van der Waals surface area (Å²) >= 11 is 9.31. The number of nitrogens with zero attached hydrogens (tertiary/aromatic N) is 2. The lowest BCUT2D eigenvalue weighted by atomic mass is 10.1. The molecule has 2 atom stereocenters. The van der Waals surface area contributed by atoms with Crippen LogP contribution >= 0.6 is 27.5 Å². The number of benzene rings is 1.